The molecule has 2 N–H and O–H groups in total. The smallest absolute Gasteiger partial charge is 0.273 e. The van der Waals surface area contributed by atoms with Gasteiger partial charge in [-0.3, -0.25) is 20.0 Å². The molecule has 0 fully saturated rings. The lowest BCUT2D eigenvalue weighted by molar-refractivity contribution is -0.385. The van der Waals surface area contributed by atoms with Crippen molar-refractivity contribution >= 4 is 11.6 Å². The summed E-state index contributed by atoms with van der Waals surface area (Å²) in [5, 5.41) is 20.1. The second-order valence-corrected chi connectivity index (χ2v) is 4.50. The van der Waals surface area contributed by atoms with E-state index in [4.69, 9.17) is 0 Å². The van der Waals surface area contributed by atoms with Crippen LogP contribution in [-0.4, -0.2) is 32.6 Å². The Morgan fingerprint density at radius 2 is 2.29 bits per heavy atom. The van der Waals surface area contributed by atoms with Crippen molar-refractivity contribution in [2.75, 3.05) is 6.54 Å². The topological polar surface area (TPSA) is 114 Å². The number of hydrogen-bond acceptors (Lipinski definition) is 5. The van der Waals surface area contributed by atoms with Crippen molar-refractivity contribution in [1.29, 1.82) is 0 Å². The number of nitro benzene ring substituents is 1. The number of H-pyrrole nitrogens is 1. The van der Waals surface area contributed by atoms with Crippen LogP contribution in [-0.2, 0) is 6.42 Å². The Morgan fingerprint density at radius 3 is 2.95 bits per heavy atom. The van der Waals surface area contributed by atoms with Crippen molar-refractivity contribution in [3.05, 3.63) is 51.6 Å². The van der Waals surface area contributed by atoms with Gasteiger partial charge in [0.15, 0.2) is 0 Å². The van der Waals surface area contributed by atoms with E-state index in [1.54, 1.807) is 13.0 Å². The van der Waals surface area contributed by atoms with E-state index in [2.05, 4.69) is 20.5 Å². The first kappa shape index (κ1) is 14.6. The Bertz CT molecular complexity index is 639. The summed E-state index contributed by atoms with van der Waals surface area (Å²) in [6, 6.07) is 4.47. The lowest BCUT2D eigenvalue weighted by Gasteiger charge is -2.07. The van der Waals surface area contributed by atoms with E-state index in [1.807, 2.05) is 0 Å². The molecule has 0 radical (unpaired) electrons. The summed E-state index contributed by atoms with van der Waals surface area (Å²) in [6.45, 7) is 2.03. The van der Waals surface area contributed by atoms with Gasteiger partial charge in [0.2, 0.25) is 0 Å². The molecule has 0 aliphatic rings. The third kappa shape index (κ3) is 3.62. The molecule has 0 bridgehead atoms. The first-order valence-corrected chi connectivity index (χ1v) is 6.46. The number of nitrogens with one attached hydrogen (secondary N) is 2. The number of nitrogens with zero attached hydrogens (tertiary/aromatic N) is 3. The van der Waals surface area contributed by atoms with E-state index in [9.17, 15) is 14.9 Å². The average Bonchev–Trinajstić information content (AvgIpc) is 2.96. The van der Waals surface area contributed by atoms with Gasteiger partial charge < -0.3 is 5.32 Å². The zero-order valence-electron chi connectivity index (χ0n) is 11.5. The molecule has 8 heteroatoms. The highest BCUT2D eigenvalue weighted by molar-refractivity contribution is 5.96. The molecule has 0 spiro atoms. The molecule has 2 rings (SSSR count). The van der Waals surface area contributed by atoms with Crippen LogP contribution in [0.4, 0.5) is 5.69 Å². The highest BCUT2D eigenvalue weighted by Crippen LogP contribution is 2.20. The number of carbonyl (C=O) groups excluding carboxylic acids is 1. The van der Waals surface area contributed by atoms with E-state index in [0.29, 0.717) is 30.5 Å². The number of amides is 1. The first-order valence-electron chi connectivity index (χ1n) is 6.46. The Balaban J connectivity index is 1.91. The minimum absolute atomic E-state index is 0.0516. The van der Waals surface area contributed by atoms with Crippen LogP contribution in [0.1, 0.15) is 28.2 Å². The van der Waals surface area contributed by atoms with Gasteiger partial charge in [-0.25, -0.2) is 4.98 Å². The highest BCUT2D eigenvalue weighted by Gasteiger charge is 2.17. The molecule has 0 aliphatic heterocycles. The van der Waals surface area contributed by atoms with Gasteiger partial charge in [-0.15, -0.1) is 0 Å². The number of hydrogen-bond donors (Lipinski definition) is 2. The van der Waals surface area contributed by atoms with Gasteiger partial charge in [-0.1, -0.05) is 6.07 Å². The van der Waals surface area contributed by atoms with E-state index >= 15 is 0 Å². The third-order valence-corrected chi connectivity index (χ3v) is 3.09. The van der Waals surface area contributed by atoms with Crippen molar-refractivity contribution in [3.63, 3.8) is 0 Å². The van der Waals surface area contributed by atoms with Crippen LogP contribution in [0.15, 0.2) is 24.5 Å². The molecule has 1 aromatic heterocycles. The van der Waals surface area contributed by atoms with Crippen LogP contribution in [0.3, 0.4) is 0 Å². The van der Waals surface area contributed by atoms with E-state index in [0.717, 1.165) is 5.82 Å². The van der Waals surface area contributed by atoms with Gasteiger partial charge in [-0.2, -0.15) is 5.10 Å². The Morgan fingerprint density at radius 1 is 1.48 bits per heavy atom. The molecule has 0 aliphatic carbocycles. The zero-order valence-corrected chi connectivity index (χ0v) is 11.5. The van der Waals surface area contributed by atoms with Crippen LogP contribution in [0.25, 0.3) is 0 Å². The molecular formula is C13H15N5O3. The van der Waals surface area contributed by atoms with Crippen molar-refractivity contribution in [2.24, 2.45) is 0 Å². The summed E-state index contributed by atoms with van der Waals surface area (Å²) in [5.74, 6) is 0.449. The van der Waals surface area contributed by atoms with E-state index in [-0.39, 0.29) is 11.6 Å². The van der Waals surface area contributed by atoms with Gasteiger partial charge in [0, 0.05) is 30.2 Å². The number of benzene rings is 1. The van der Waals surface area contributed by atoms with Crippen LogP contribution >= 0.6 is 0 Å². The van der Waals surface area contributed by atoms with E-state index in [1.165, 1.54) is 18.5 Å². The number of rotatable bonds is 6. The fourth-order valence-electron chi connectivity index (χ4n) is 1.97. The molecule has 0 saturated carbocycles. The van der Waals surface area contributed by atoms with E-state index < -0.39 is 4.92 Å². The number of aromatic nitrogens is 3. The number of aromatic amines is 1. The van der Waals surface area contributed by atoms with Crippen LogP contribution in [0.2, 0.25) is 0 Å². The Kier molecular flexibility index (Phi) is 4.60. The standard InChI is InChI=1S/C13H15N5O3/c1-9-10(4-2-5-11(9)18(20)21)13(19)14-7-3-6-12-15-8-16-17-12/h2,4-5,8H,3,6-7H2,1H3,(H,14,19)(H,15,16,17). The molecule has 0 saturated heterocycles. The van der Waals surface area contributed by atoms with Crippen molar-refractivity contribution in [3.8, 4) is 0 Å². The summed E-state index contributed by atoms with van der Waals surface area (Å²) in [6.07, 6.45) is 2.81. The summed E-state index contributed by atoms with van der Waals surface area (Å²) < 4.78 is 0. The largest absolute Gasteiger partial charge is 0.352 e. The van der Waals surface area contributed by atoms with Gasteiger partial charge in [-0.05, 0) is 19.4 Å². The van der Waals surface area contributed by atoms with Crippen molar-refractivity contribution in [2.45, 2.75) is 19.8 Å². The summed E-state index contributed by atoms with van der Waals surface area (Å²) in [4.78, 5) is 26.4. The summed E-state index contributed by atoms with van der Waals surface area (Å²) >= 11 is 0. The predicted octanol–water partition coefficient (Wildman–Crippen LogP) is 1.38. The maximum atomic E-state index is 12.0. The van der Waals surface area contributed by atoms with Crippen LogP contribution < -0.4 is 5.32 Å². The monoisotopic (exact) mass is 289 g/mol. The maximum absolute atomic E-state index is 12.0. The molecule has 2 aromatic rings. The molecule has 1 amide bonds. The summed E-state index contributed by atoms with van der Waals surface area (Å²) in [7, 11) is 0. The lowest BCUT2D eigenvalue weighted by atomic mass is 10.1. The fourth-order valence-corrected chi connectivity index (χ4v) is 1.97. The minimum Gasteiger partial charge on any atom is -0.352 e. The Hall–Kier alpha value is -2.77. The molecule has 110 valence electrons. The van der Waals surface area contributed by atoms with Gasteiger partial charge in [0.05, 0.1) is 4.92 Å². The zero-order chi connectivity index (χ0) is 15.2. The molecule has 1 aromatic carbocycles. The van der Waals surface area contributed by atoms with Gasteiger partial charge in [0.25, 0.3) is 11.6 Å². The third-order valence-electron chi connectivity index (χ3n) is 3.09. The number of aryl methyl sites for hydroxylation is 1. The Labute approximate surface area is 120 Å². The number of nitro groups is 1. The van der Waals surface area contributed by atoms with Crippen molar-refractivity contribution in [1.82, 2.24) is 20.5 Å². The molecule has 21 heavy (non-hydrogen) atoms. The van der Waals surface area contributed by atoms with Crippen molar-refractivity contribution < 1.29 is 9.72 Å². The normalized spacial score (nSPS) is 10.3. The maximum Gasteiger partial charge on any atom is 0.273 e. The predicted molar refractivity (Wildman–Crippen MR) is 74.9 cm³/mol. The molecule has 1 heterocycles. The van der Waals surface area contributed by atoms with Gasteiger partial charge in [0.1, 0.15) is 12.2 Å². The molecular weight excluding hydrogens is 274 g/mol. The molecule has 0 unspecified atom stereocenters. The van der Waals surface area contributed by atoms with Crippen LogP contribution in [0, 0.1) is 17.0 Å². The molecule has 0 atom stereocenters. The van der Waals surface area contributed by atoms with Crippen LogP contribution in [0.5, 0.6) is 0 Å². The molecule has 8 nitrogen and oxygen atoms in total. The lowest BCUT2D eigenvalue weighted by Crippen LogP contribution is -2.25. The number of carbonyl (C=O) groups is 1. The fraction of sp³-hybridized carbons (Fsp3) is 0.308. The quantitative estimate of drug-likeness (QED) is 0.474. The SMILES string of the molecule is Cc1c(C(=O)NCCCc2ncn[nH]2)cccc1[N+](=O)[O-]. The second-order valence-electron chi connectivity index (χ2n) is 4.50. The summed E-state index contributed by atoms with van der Waals surface area (Å²) in [5.41, 5.74) is 0.642. The average molecular weight is 289 g/mol. The first-order chi connectivity index (χ1) is 10.1. The van der Waals surface area contributed by atoms with Gasteiger partial charge >= 0.3 is 0 Å². The minimum atomic E-state index is -0.490. The highest BCUT2D eigenvalue weighted by atomic mass is 16.6. The second kappa shape index (κ2) is 6.60.